The molecule has 1 aliphatic heterocycles. The predicted molar refractivity (Wildman–Crippen MR) is 39.0 cm³/mol. The van der Waals surface area contributed by atoms with Gasteiger partial charge in [-0.25, -0.2) is 4.98 Å². The first kappa shape index (κ1) is 6.09. The fourth-order valence-corrected chi connectivity index (χ4v) is 0.975. The minimum Gasteiger partial charge on any atom is -0.453 e. The number of aromatic nitrogens is 1. The molecule has 0 aromatic carbocycles. The molecule has 0 spiro atoms. The highest BCUT2D eigenvalue weighted by Gasteiger charge is 2.01. The molecule has 0 unspecified atom stereocenters. The molecule has 3 heteroatoms. The summed E-state index contributed by atoms with van der Waals surface area (Å²) in [6, 6.07) is 5.36. The van der Waals surface area contributed by atoms with Crippen LogP contribution in [0.4, 0.5) is 0 Å². The molecule has 0 radical (unpaired) electrons. The van der Waals surface area contributed by atoms with Crippen molar-refractivity contribution in [1.82, 2.24) is 4.98 Å². The first-order valence-electron chi connectivity index (χ1n) is 3.24. The van der Waals surface area contributed by atoms with Crippen LogP contribution >= 0.6 is 0 Å². The summed E-state index contributed by atoms with van der Waals surface area (Å²) in [5.41, 5.74) is 1.54. The lowest BCUT2D eigenvalue weighted by Crippen LogP contribution is -2.03. The van der Waals surface area contributed by atoms with E-state index in [0.717, 1.165) is 11.3 Å². The second-order valence-corrected chi connectivity index (χ2v) is 2.23. The lowest BCUT2D eigenvalue weighted by Gasteiger charge is -1.99. The smallest absolute Gasteiger partial charge is 0.180 e. The summed E-state index contributed by atoms with van der Waals surface area (Å²) in [4.78, 5) is 3.96. The maximum absolute atomic E-state index is 7.46. The molecule has 0 saturated carbocycles. The van der Waals surface area contributed by atoms with Crippen LogP contribution in [-0.4, -0.2) is 4.98 Å². The Morgan fingerprint density at radius 2 is 2.27 bits per heavy atom. The summed E-state index contributed by atoms with van der Waals surface area (Å²) >= 11 is 0. The Morgan fingerprint density at radius 1 is 1.36 bits per heavy atom. The molecule has 0 saturated heterocycles. The van der Waals surface area contributed by atoms with Gasteiger partial charge < -0.3 is 9.83 Å². The molecule has 0 aromatic rings. The molecular weight excluding hydrogens is 140 g/mol. The average molecular weight is 146 g/mol. The van der Waals surface area contributed by atoms with Gasteiger partial charge in [0.05, 0.1) is 16.6 Å². The van der Waals surface area contributed by atoms with E-state index in [4.69, 9.17) is 9.83 Å². The van der Waals surface area contributed by atoms with Crippen LogP contribution in [0.1, 0.15) is 0 Å². The molecule has 0 amide bonds. The van der Waals surface area contributed by atoms with Crippen molar-refractivity contribution in [3.05, 3.63) is 36.2 Å². The van der Waals surface area contributed by atoms with E-state index in [1.807, 2.05) is 6.07 Å². The summed E-state index contributed by atoms with van der Waals surface area (Å²) in [6.45, 7) is 0. The number of nitrogens with zero attached hydrogens (tertiary/aromatic N) is 1. The van der Waals surface area contributed by atoms with E-state index in [9.17, 15) is 0 Å². The maximum Gasteiger partial charge on any atom is 0.180 e. The number of hydrogen-bond donors (Lipinski definition) is 1. The standard InChI is InChI=1S/C8H6N2O/c9-7-2-1-3-8-6(7)4-11-5-10-8/h1-5,9H. The van der Waals surface area contributed by atoms with Gasteiger partial charge in [-0.3, -0.25) is 0 Å². The first-order valence-corrected chi connectivity index (χ1v) is 3.24. The maximum atomic E-state index is 7.46. The zero-order chi connectivity index (χ0) is 7.68. The summed E-state index contributed by atoms with van der Waals surface area (Å²) in [5.74, 6) is 0. The van der Waals surface area contributed by atoms with E-state index in [1.54, 1.807) is 12.1 Å². The highest BCUT2D eigenvalue weighted by atomic mass is 16.3. The van der Waals surface area contributed by atoms with Crippen LogP contribution < -0.4 is 5.36 Å². The summed E-state index contributed by atoms with van der Waals surface area (Å²) < 4.78 is 4.84. The van der Waals surface area contributed by atoms with Crippen molar-refractivity contribution >= 4 is 0 Å². The Hall–Kier alpha value is -1.64. The third-order valence-corrected chi connectivity index (χ3v) is 1.52. The van der Waals surface area contributed by atoms with Gasteiger partial charge in [0.15, 0.2) is 6.39 Å². The third-order valence-electron chi connectivity index (χ3n) is 1.52. The Balaban J connectivity index is 2.90. The number of fused-ring (bicyclic) bond motifs is 1. The van der Waals surface area contributed by atoms with Crippen molar-refractivity contribution in [3.63, 3.8) is 0 Å². The lowest BCUT2D eigenvalue weighted by molar-refractivity contribution is 0.528. The number of benzene rings is 1. The molecule has 1 aliphatic carbocycles. The van der Waals surface area contributed by atoms with E-state index in [1.165, 1.54) is 12.7 Å². The van der Waals surface area contributed by atoms with Crippen LogP contribution in [0.25, 0.3) is 11.3 Å². The zero-order valence-corrected chi connectivity index (χ0v) is 5.74. The average Bonchev–Trinajstić information content (AvgIpc) is 2.06. The fraction of sp³-hybridized carbons (Fsp3) is 0. The normalized spacial score (nSPS) is 10.2. The summed E-state index contributed by atoms with van der Waals surface area (Å²) in [7, 11) is 0. The molecule has 0 atom stereocenters. The second-order valence-electron chi connectivity index (χ2n) is 2.23. The van der Waals surface area contributed by atoms with Gasteiger partial charge in [-0.1, -0.05) is 6.07 Å². The van der Waals surface area contributed by atoms with Crippen molar-refractivity contribution in [2.75, 3.05) is 0 Å². The number of rotatable bonds is 0. The summed E-state index contributed by atoms with van der Waals surface area (Å²) in [5, 5.41) is 7.91. The van der Waals surface area contributed by atoms with Gasteiger partial charge in [-0.2, -0.15) is 0 Å². The highest BCUT2D eigenvalue weighted by Crippen LogP contribution is 2.11. The van der Waals surface area contributed by atoms with Gasteiger partial charge in [0, 0.05) is 0 Å². The van der Waals surface area contributed by atoms with Crippen molar-refractivity contribution < 1.29 is 4.42 Å². The van der Waals surface area contributed by atoms with Crippen LogP contribution in [-0.2, 0) is 0 Å². The van der Waals surface area contributed by atoms with E-state index >= 15 is 0 Å². The lowest BCUT2D eigenvalue weighted by atomic mass is 10.1. The minimum absolute atomic E-state index is 0.444. The van der Waals surface area contributed by atoms with Crippen molar-refractivity contribution in [2.45, 2.75) is 0 Å². The Kier molecular flexibility index (Phi) is 1.22. The topological polar surface area (TPSA) is 49.9 Å². The highest BCUT2D eigenvalue weighted by molar-refractivity contribution is 5.56. The molecular formula is C8H6N2O. The first-order chi connectivity index (χ1) is 5.38. The van der Waals surface area contributed by atoms with E-state index in [2.05, 4.69) is 4.98 Å². The van der Waals surface area contributed by atoms with Crippen LogP contribution in [0, 0.1) is 5.41 Å². The molecule has 11 heavy (non-hydrogen) atoms. The predicted octanol–water partition coefficient (Wildman–Crippen LogP) is 1.26. The van der Waals surface area contributed by atoms with Crippen LogP contribution in [0.3, 0.4) is 0 Å². The molecule has 0 aromatic heterocycles. The second kappa shape index (κ2) is 2.20. The van der Waals surface area contributed by atoms with Crippen molar-refractivity contribution in [3.8, 4) is 11.3 Å². The van der Waals surface area contributed by atoms with Gasteiger partial charge in [-0.05, 0) is 12.1 Å². The number of hydrogen-bond acceptors (Lipinski definition) is 3. The quantitative estimate of drug-likeness (QED) is 0.608. The number of nitrogens with one attached hydrogen (secondary N) is 1. The van der Waals surface area contributed by atoms with E-state index < -0.39 is 0 Å². The SMILES string of the molecule is N=c1cccc2ncocc1-2. The van der Waals surface area contributed by atoms with Gasteiger partial charge in [0.25, 0.3) is 0 Å². The van der Waals surface area contributed by atoms with Crippen LogP contribution in [0.2, 0.25) is 0 Å². The van der Waals surface area contributed by atoms with Gasteiger partial charge in [0.2, 0.25) is 0 Å². The molecule has 1 heterocycles. The van der Waals surface area contributed by atoms with E-state index in [0.29, 0.717) is 5.36 Å². The molecule has 2 aliphatic rings. The molecule has 1 N–H and O–H groups in total. The van der Waals surface area contributed by atoms with Crippen LogP contribution in [0.5, 0.6) is 0 Å². The molecule has 0 fully saturated rings. The van der Waals surface area contributed by atoms with Crippen molar-refractivity contribution in [2.24, 2.45) is 0 Å². The Labute approximate surface area is 63.2 Å². The third kappa shape index (κ3) is 0.902. The van der Waals surface area contributed by atoms with Gasteiger partial charge >= 0.3 is 0 Å². The van der Waals surface area contributed by atoms with Crippen molar-refractivity contribution in [1.29, 1.82) is 5.41 Å². The van der Waals surface area contributed by atoms with E-state index in [-0.39, 0.29) is 0 Å². The van der Waals surface area contributed by atoms with Gasteiger partial charge in [-0.15, -0.1) is 0 Å². The molecule has 3 nitrogen and oxygen atoms in total. The largest absolute Gasteiger partial charge is 0.453 e. The van der Waals surface area contributed by atoms with Crippen LogP contribution in [0.15, 0.2) is 35.3 Å². The molecule has 54 valence electrons. The zero-order valence-electron chi connectivity index (χ0n) is 5.74. The monoisotopic (exact) mass is 146 g/mol. The minimum atomic E-state index is 0.444. The molecule has 2 rings (SSSR count). The Morgan fingerprint density at radius 3 is 3.09 bits per heavy atom. The van der Waals surface area contributed by atoms with Gasteiger partial charge in [0.1, 0.15) is 6.26 Å². The fourth-order valence-electron chi connectivity index (χ4n) is 0.975. The Bertz CT molecular complexity index is 394. The molecule has 0 bridgehead atoms. The summed E-state index contributed by atoms with van der Waals surface area (Å²) in [6.07, 6.45) is 2.90.